The number of aromatic nitrogens is 2. The van der Waals surface area contributed by atoms with Crippen molar-refractivity contribution in [3.63, 3.8) is 0 Å². The largest absolute Gasteiger partial charge is 0.465 e. The van der Waals surface area contributed by atoms with Crippen molar-refractivity contribution in [1.29, 1.82) is 10.5 Å². The van der Waals surface area contributed by atoms with Gasteiger partial charge in [-0.3, -0.25) is 0 Å². The molecule has 0 fully saturated rings. The first-order chi connectivity index (χ1) is 14.4. The molecule has 0 radical (unpaired) electrons. The molecular weight excluding hydrogens is 406 g/mol. The van der Waals surface area contributed by atoms with Crippen molar-refractivity contribution < 1.29 is 18.3 Å². The molecule has 1 aromatic carbocycles. The number of amides is 1. The van der Waals surface area contributed by atoms with Crippen LogP contribution in [0.1, 0.15) is 16.8 Å². The molecule has 10 heteroatoms. The molecule has 0 bridgehead atoms. The van der Waals surface area contributed by atoms with Crippen LogP contribution in [-0.4, -0.2) is 35.1 Å². The van der Waals surface area contributed by atoms with Crippen molar-refractivity contribution in [3.8, 4) is 23.4 Å². The summed E-state index contributed by atoms with van der Waals surface area (Å²) in [5, 5.41) is 29.7. The Morgan fingerprint density at radius 1 is 1.17 bits per heavy atom. The summed E-state index contributed by atoms with van der Waals surface area (Å²) in [6, 6.07) is 14.3. The Labute approximate surface area is 172 Å². The van der Waals surface area contributed by atoms with Crippen molar-refractivity contribution in [2.24, 2.45) is 0 Å². The maximum Gasteiger partial charge on any atom is 0.404 e. The van der Waals surface area contributed by atoms with E-state index in [9.17, 15) is 23.7 Å². The first-order valence-corrected chi connectivity index (χ1v) is 10.1. The number of rotatable bonds is 6. The van der Waals surface area contributed by atoms with Crippen molar-refractivity contribution in [1.82, 2.24) is 14.3 Å². The van der Waals surface area contributed by atoms with Gasteiger partial charge in [0.05, 0.1) is 11.3 Å². The average molecular weight is 421 g/mol. The first-order valence-electron chi connectivity index (χ1n) is 8.66. The second-order valence-corrected chi connectivity index (χ2v) is 7.92. The van der Waals surface area contributed by atoms with E-state index in [0.717, 1.165) is 3.97 Å². The Kier molecular flexibility index (Phi) is 5.81. The highest BCUT2D eigenvalue weighted by Crippen LogP contribution is 2.29. The molecule has 2 heterocycles. The molecule has 0 aliphatic rings. The zero-order valence-electron chi connectivity index (χ0n) is 15.5. The van der Waals surface area contributed by atoms with Gasteiger partial charge in [-0.05, 0) is 42.3 Å². The molecular formula is C20H15N5O4S. The van der Waals surface area contributed by atoms with E-state index in [1.165, 1.54) is 30.6 Å². The van der Waals surface area contributed by atoms with Gasteiger partial charge in [0.2, 0.25) is 0 Å². The van der Waals surface area contributed by atoms with Gasteiger partial charge < -0.3 is 10.4 Å². The lowest BCUT2D eigenvalue weighted by Crippen LogP contribution is -2.23. The third-order valence-corrected chi connectivity index (χ3v) is 6.00. The normalized spacial score (nSPS) is 10.7. The summed E-state index contributed by atoms with van der Waals surface area (Å²) in [5.41, 5.74) is 1.05. The molecule has 9 nitrogen and oxygen atoms in total. The number of nitrogens with one attached hydrogen (secondary N) is 1. The van der Waals surface area contributed by atoms with E-state index in [-0.39, 0.29) is 34.8 Å². The molecule has 0 aliphatic carbocycles. The summed E-state index contributed by atoms with van der Waals surface area (Å²) in [6.45, 7) is 0.0752. The maximum atomic E-state index is 13.4. The number of nitrogens with zero attached hydrogens (tertiary/aromatic N) is 4. The zero-order valence-corrected chi connectivity index (χ0v) is 16.3. The lowest BCUT2D eigenvalue weighted by molar-refractivity contribution is 0.194. The summed E-state index contributed by atoms with van der Waals surface area (Å²) in [6.07, 6.45) is 1.82. The van der Waals surface area contributed by atoms with E-state index < -0.39 is 16.1 Å². The molecule has 1 amide bonds. The highest BCUT2D eigenvalue weighted by molar-refractivity contribution is 7.90. The van der Waals surface area contributed by atoms with E-state index in [0.29, 0.717) is 11.1 Å². The summed E-state index contributed by atoms with van der Waals surface area (Å²) in [7, 11) is -4.19. The highest BCUT2D eigenvalue weighted by atomic mass is 32.2. The van der Waals surface area contributed by atoms with Gasteiger partial charge in [-0.15, -0.1) is 0 Å². The Bertz CT molecular complexity index is 1300. The third-order valence-electron chi connectivity index (χ3n) is 4.27. The van der Waals surface area contributed by atoms with Gasteiger partial charge >= 0.3 is 6.09 Å². The van der Waals surface area contributed by atoms with E-state index in [1.807, 2.05) is 12.1 Å². The standard InChI is InChI=1S/C20H15N5O4S/c21-11-15-4-1-2-6-19(15)30(28,29)25-13-14(7-9-24-20(26)27)10-18(25)16-5-3-8-23-17(16)12-22/h1-6,8,10,13,24H,7,9H2,(H,26,27). The van der Waals surface area contributed by atoms with Gasteiger partial charge in [-0.2, -0.15) is 10.5 Å². The van der Waals surface area contributed by atoms with Gasteiger partial charge in [0.1, 0.15) is 22.7 Å². The third kappa shape index (κ3) is 3.99. The van der Waals surface area contributed by atoms with Crippen LogP contribution in [0.4, 0.5) is 4.79 Å². The number of hydrogen-bond donors (Lipinski definition) is 2. The lowest BCUT2D eigenvalue weighted by atomic mass is 10.1. The molecule has 3 aromatic rings. The summed E-state index contributed by atoms with van der Waals surface area (Å²) < 4.78 is 27.8. The average Bonchev–Trinajstić information content (AvgIpc) is 3.18. The second-order valence-electron chi connectivity index (χ2n) is 6.14. The molecule has 150 valence electrons. The van der Waals surface area contributed by atoms with Crippen LogP contribution in [0.2, 0.25) is 0 Å². The first kappa shape index (κ1) is 20.6. The summed E-state index contributed by atoms with van der Waals surface area (Å²) in [5.74, 6) is 0. The molecule has 0 saturated heterocycles. The fraction of sp³-hybridized carbons (Fsp3) is 0.100. The van der Waals surface area contributed by atoms with Gasteiger partial charge in [0, 0.05) is 24.5 Å². The Morgan fingerprint density at radius 3 is 2.63 bits per heavy atom. The van der Waals surface area contributed by atoms with Crippen LogP contribution >= 0.6 is 0 Å². The molecule has 0 spiro atoms. The Morgan fingerprint density at radius 2 is 1.93 bits per heavy atom. The highest BCUT2D eigenvalue weighted by Gasteiger charge is 2.25. The van der Waals surface area contributed by atoms with Crippen molar-refractivity contribution >= 4 is 16.1 Å². The van der Waals surface area contributed by atoms with Crippen LogP contribution < -0.4 is 5.32 Å². The van der Waals surface area contributed by atoms with E-state index in [2.05, 4.69) is 10.3 Å². The van der Waals surface area contributed by atoms with Crippen LogP contribution in [0.5, 0.6) is 0 Å². The number of pyridine rings is 1. The quantitative estimate of drug-likeness (QED) is 0.620. The predicted octanol–water partition coefficient (Wildman–Crippen LogP) is 2.34. The van der Waals surface area contributed by atoms with Gasteiger partial charge in [0.25, 0.3) is 10.0 Å². The summed E-state index contributed by atoms with van der Waals surface area (Å²) in [4.78, 5) is 14.5. The van der Waals surface area contributed by atoms with Crippen molar-refractivity contribution in [2.75, 3.05) is 6.54 Å². The van der Waals surface area contributed by atoms with Crippen LogP contribution in [0.25, 0.3) is 11.3 Å². The Hall–Kier alpha value is -4.15. The molecule has 3 rings (SSSR count). The van der Waals surface area contributed by atoms with Crippen LogP contribution in [0.15, 0.2) is 59.8 Å². The van der Waals surface area contributed by atoms with Gasteiger partial charge in [-0.1, -0.05) is 12.1 Å². The monoisotopic (exact) mass is 421 g/mol. The van der Waals surface area contributed by atoms with Crippen LogP contribution in [0, 0.1) is 22.7 Å². The number of hydrogen-bond acceptors (Lipinski definition) is 6. The van der Waals surface area contributed by atoms with Gasteiger partial charge in [0.15, 0.2) is 0 Å². The minimum absolute atomic E-state index is 0.0158. The number of benzene rings is 1. The topological polar surface area (TPSA) is 149 Å². The van der Waals surface area contributed by atoms with Gasteiger partial charge in [-0.25, -0.2) is 22.2 Å². The number of carboxylic acid groups (broad SMARTS) is 1. The molecule has 2 aromatic heterocycles. The Balaban J connectivity index is 2.19. The van der Waals surface area contributed by atoms with Crippen molar-refractivity contribution in [2.45, 2.75) is 11.3 Å². The number of nitriles is 2. The molecule has 0 aliphatic heterocycles. The van der Waals surface area contributed by atoms with Crippen LogP contribution in [-0.2, 0) is 16.4 Å². The number of carbonyl (C=O) groups is 1. The molecule has 30 heavy (non-hydrogen) atoms. The molecule has 0 unspecified atom stereocenters. The second kappa shape index (κ2) is 8.47. The predicted molar refractivity (Wildman–Crippen MR) is 106 cm³/mol. The smallest absolute Gasteiger partial charge is 0.404 e. The molecule has 0 atom stereocenters. The minimum Gasteiger partial charge on any atom is -0.465 e. The van der Waals surface area contributed by atoms with E-state index in [1.54, 1.807) is 24.3 Å². The van der Waals surface area contributed by atoms with Crippen LogP contribution in [0.3, 0.4) is 0 Å². The fourth-order valence-corrected chi connectivity index (χ4v) is 4.47. The maximum absolute atomic E-state index is 13.4. The minimum atomic E-state index is -4.19. The van der Waals surface area contributed by atoms with E-state index in [4.69, 9.17) is 5.11 Å². The summed E-state index contributed by atoms with van der Waals surface area (Å²) >= 11 is 0. The zero-order chi connectivity index (χ0) is 21.7. The lowest BCUT2D eigenvalue weighted by Gasteiger charge is -2.12. The van der Waals surface area contributed by atoms with Crippen molar-refractivity contribution in [3.05, 3.63) is 71.7 Å². The molecule has 2 N–H and O–H groups in total. The SMILES string of the molecule is N#Cc1ccccc1S(=O)(=O)n1cc(CCNC(=O)O)cc1-c1cccnc1C#N. The fourth-order valence-electron chi connectivity index (χ4n) is 2.93. The molecule has 0 saturated carbocycles. The van der Waals surface area contributed by atoms with E-state index >= 15 is 0 Å².